The van der Waals surface area contributed by atoms with Gasteiger partial charge in [-0.05, 0) is 31.2 Å². The van der Waals surface area contributed by atoms with Gasteiger partial charge in [-0.15, -0.1) is 0 Å². The van der Waals surface area contributed by atoms with E-state index < -0.39 is 40.3 Å². The van der Waals surface area contributed by atoms with Crippen LogP contribution in [0.3, 0.4) is 0 Å². The van der Waals surface area contributed by atoms with Gasteiger partial charge in [0.25, 0.3) is 5.56 Å². The lowest BCUT2D eigenvalue weighted by Crippen LogP contribution is -2.28. The van der Waals surface area contributed by atoms with Crippen LogP contribution < -0.4 is 22.3 Å². The predicted octanol–water partition coefficient (Wildman–Crippen LogP) is 2.94. The molecule has 2 aromatic carbocycles. The average molecular weight is 470 g/mol. The SMILES string of the molecule is C[C@H](Nc1nc(N)nc(N)c1C#N)c1nc2ccc(F)c(F)c2c(=O)n1-c1cc(F)cc(F)c1. The van der Waals surface area contributed by atoms with Crippen LogP contribution in [0.4, 0.5) is 35.1 Å². The fraction of sp³-hybridized carbons (Fsp3) is 0.0952. The molecular formula is C21H14F4N8O. The van der Waals surface area contributed by atoms with E-state index in [0.29, 0.717) is 6.07 Å². The maximum absolute atomic E-state index is 14.5. The minimum absolute atomic E-state index is 0.100. The van der Waals surface area contributed by atoms with Crippen molar-refractivity contribution in [2.75, 3.05) is 16.8 Å². The van der Waals surface area contributed by atoms with E-state index in [9.17, 15) is 27.6 Å². The molecule has 0 amide bonds. The number of rotatable bonds is 4. The van der Waals surface area contributed by atoms with E-state index in [1.54, 1.807) is 0 Å². The Labute approximate surface area is 188 Å². The number of nitriles is 1. The van der Waals surface area contributed by atoms with Crippen LogP contribution in [0.15, 0.2) is 35.1 Å². The Hall–Kier alpha value is -4.73. The van der Waals surface area contributed by atoms with Gasteiger partial charge < -0.3 is 16.8 Å². The van der Waals surface area contributed by atoms with Crippen LogP contribution in [-0.2, 0) is 0 Å². The normalized spacial score (nSPS) is 11.9. The summed E-state index contributed by atoms with van der Waals surface area (Å²) in [5, 5.41) is 11.5. The second kappa shape index (κ2) is 8.32. The molecule has 0 aliphatic heterocycles. The first-order valence-electron chi connectivity index (χ1n) is 9.57. The lowest BCUT2D eigenvalue weighted by molar-refractivity contribution is 0.515. The Balaban J connectivity index is 2.00. The molecule has 4 aromatic rings. The number of hydrogen-bond donors (Lipinski definition) is 3. The third kappa shape index (κ3) is 3.81. The largest absolute Gasteiger partial charge is 0.382 e. The first-order chi connectivity index (χ1) is 16.1. The molecule has 0 saturated heterocycles. The maximum atomic E-state index is 14.5. The van der Waals surface area contributed by atoms with E-state index in [1.165, 1.54) is 6.92 Å². The maximum Gasteiger partial charge on any atom is 0.269 e. The lowest BCUT2D eigenvalue weighted by atomic mass is 10.1. The first-order valence-corrected chi connectivity index (χ1v) is 9.57. The number of fused-ring (bicyclic) bond motifs is 1. The van der Waals surface area contributed by atoms with Crippen LogP contribution in [0.2, 0.25) is 0 Å². The molecule has 0 saturated carbocycles. The quantitative estimate of drug-likeness (QED) is 0.386. The van der Waals surface area contributed by atoms with Gasteiger partial charge in [-0.25, -0.2) is 22.5 Å². The molecule has 0 aliphatic carbocycles. The number of hydrogen-bond acceptors (Lipinski definition) is 8. The van der Waals surface area contributed by atoms with E-state index in [2.05, 4.69) is 20.3 Å². The Bertz CT molecular complexity index is 1540. The molecule has 2 heterocycles. The van der Waals surface area contributed by atoms with Crippen molar-refractivity contribution in [3.63, 3.8) is 0 Å². The highest BCUT2D eigenvalue weighted by Gasteiger charge is 2.23. The molecule has 0 spiro atoms. The summed E-state index contributed by atoms with van der Waals surface area (Å²) < 4.78 is 57.0. The summed E-state index contributed by atoms with van der Waals surface area (Å²) in [6.07, 6.45) is 0. The molecule has 0 aliphatic rings. The topological polar surface area (TPSA) is 149 Å². The molecule has 1 atom stereocenters. The molecule has 2 aromatic heterocycles. The predicted molar refractivity (Wildman–Crippen MR) is 115 cm³/mol. The van der Waals surface area contributed by atoms with Gasteiger partial charge in [-0.2, -0.15) is 15.2 Å². The minimum atomic E-state index is -1.46. The summed E-state index contributed by atoms with van der Waals surface area (Å²) in [5.74, 6) is -5.51. The zero-order valence-electron chi connectivity index (χ0n) is 17.3. The standard InChI is InChI=1S/C21H14F4N8O/c1-8(29-18-12(7-26)17(27)31-21(28)32-18)19-30-14-3-2-13(24)16(25)15(14)20(34)33(19)11-5-9(22)4-10(23)6-11/h2-6,8H,1H3,(H5,27,28,29,31,32)/t8-/m0/s1. The van der Waals surface area contributed by atoms with Gasteiger partial charge in [0.1, 0.15) is 40.3 Å². The number of nitrogens with zero attached hydrogens (tertiary/aromatic N) is 5. The van der Waals surface area contributed by atoms with Crippen LogP contribution in [-0.4, -0.2) is 19.5 Å². The molecule has 0 fully saturated rings. The fourth-order valence-electron chi connectivity index (χ4n) is 3.42. The Morgan fingerprint density at radius 3 is 2.38 bits per heavy atom. The smallest absolute Gasteiger partial charge is 0.269 e. The number of anilines is 3. The van der Waals surface area contributed by atoms with Gasteiger partial charge in [0.2, 0.25) is 5.95 Å². The van der Waals surface area contributed by atoms with Crippen molar-refractivity contribution >= 4 is 28.5 Å². The highest BCUT2D eigenvalue weighted by Crippen LogP contribution is 2.26. The molecule has 13 heteroatoms. The highest BCUT2D eigenvalue weighted by molar-refractivity contribution is 5.79. The summed E-state index contributed by atoms with van der Waals surface area (Å²) in [4.78, 5) is 25.1. The van der Waals surface area contributed by atoms with Crippen molar-refractivity contribution < 1.29 is 17.6 Å². The van der Waals surface area contributed by atoms with Crippen molar-refractivity contribution in [1.82, 2.24) is 19.5 Å². The van der Waals surface area contributed by atoms with Crippen molar-refractivity contribution in [2.45, 2.75) is 13.0 Å². The van der Waals surface area contributed by atoms with Crippen molar-refractivity contribution in [2.24, 2.45) is 0 Å². The molecule has 4 rings (SSSR count). The van der Waals surface area contributed by atoms with E-state index in [1.807, 2.05) is 6.07 Å². The van der Waals surface area contributed by atoms with E-state index >= 15 is 0 Å². The summed E-state index contributed by atoms with van der Waals surface area (Å²) >= 11 is 0. The van der Waals surface area contributed by atoms with Crippen LogP contribution in [0.25, 0.3) is 16.6 Å². The number of aromatic nitrogens is 4. The number of nitrogens with two attached hydrogens (primary N) is 2. The lowest BCUT2D eigenvalue weighted by Gasteiger charge is -2.21. The van der Waals surface area contributed by atoms with Gasteiger partial charge in [-0.3, -0.25) is 9.36 Å². The molecule has 0 bridgehead atoms. The number of nitrogens with one attached hydrogen (secondary N) is 1. The Morgan fingerprint density at radius 2 is 1.74 bits per heavy atom. The second-order valence-corrected chi connectivity index (χ2v) is 7.16. The van der Waals surface area contributed by atoms with Crippen LogP contribution in [0.1, 0.15) is 24.4 Å². The van der Waals surface area contributed by atoms with Gasteiger partial charge in [0.15, 0.2) is 17.5 Å². The Morgan fingerprint density at radius 1 is 1.06 bits per heavy atom. The van der Waals surface area contributed by atoms with E-state index in [-0.39, 0.29) is 40.2 Å². The Kier molecular flexibility index (Phi) is 5.50. The third-order valence-corrected chi connectivity index (χ3v) is 4.87. The van der Waals surface area contributed by atoms with Crippen LogP contribution in [0, 0.1) is 34.6 Å². The molecule has 172 valence electrons. The van der Waals surface area contributed by atoms with Gasteiger partial charge in [0, 0.05) is 6.07 Å². The van der Waals surface area contributed by atoms with Crippen LogP contribution in [0.5, 0.6) is 0 Å². The summed E-state index contributed by atoms with van der Waals surface area (Å²) in [6, 6.07) is 4.94. The van der Waals surface area contributed by atoms with E-state index in [0.717, 1.165) is 28.8 Å². The molecule has 5 N–H and O–H groups in total. The van der Waals surface area contributed by atoms with Crippen molar-refractivity contribution in [1.29, 1.82) is 5.26 Å². The minimum Gasteiger partial charge on any atom is -0.382 e. The zero-order valence-corrected chi connectivity index (χ0v) is 17.3. The van der Waals surface area contributed by atoms with E-state index in [4.69, 9.17) is 11.5 Å². The zero-order chi connectivity index (χ0) is 24.7. The van der Waals surface area contributed by atoms with Gasteiger partial charge in [-0.1, -0.05) is 0 Å². The average Bonchev–Trinajstić information content (AvgIpc) is 2.75. The molecule has 34 heavy (non-hydrogen) atoms. The summed E-state index contributed by atoms with van der Waals surface area (Å²) in [6.45, 7) is 1.48. The number of benzene rings is 2. The fourth-order valence-corrected chi connectivity index (χ4v) is 3.42. The molecule has 0 radical (unpaired) electrons. The molecule has 9 nitrogen and oxygen atoms in total. The molecular weight excluding hydrogens is 456 g/mol. The second-order valence-electron chi connectivity index (χ2n) is 7.16. The first kappa shape index (κ1) is 22.5. The summed E-state index contributed by atoms with van der Waals surface area (Å²) in [7, 11) is 0. The van der Waals surface area contributed by atoms with Crippen LogP contribution >= 0.6 is 0 Å². The van der Waals surface area contributed by atoms with Gasteiger partial charge in [0.05, 0.1) is 17.2 Å². The third-order valence-electron chi connectivity index (χ3n) is 4.87. The molecule has 0 unspecified atom stereocenters. The number of halogens is 4. The van der Waals surface area contributed by atoms with Gasteiger partial charge >= 0.3 is 0 Å². The monoisotopic (exact) mass is 470 g/mol. The van der Waals surface area contributed by atoms with Crippen molar-refractivity contribution in [3.05, 3.63) is 75.3 Å². The summed E-state index contributed by atoms with van der Waals surface area (Å²) in [5.41, 5.74) is 9.51. The number of nitrogen functional groups attached to an aromatic ring is 2. The highest BCUT2D eigenvalue weighted by atomic mass is 19.2. The van der Waals surface area contributed by atoms with Crippen molar-refractivity contribution in [3.8, 4) is 11.8 Å².